The SMILES string of the molecule is CCNC(Cc1cccnc1)c1cc2cc(Cl)ccc2o1. The smallest absolute Gasteiger partial charge is 0.134 e. The fourth-order valence-electron chi connectivity index (χ4n) is 2.48. The van der Waals surface area contributed by atoms with Gasteiger partial charge in [-0.1, -0.05) is 24.6 Å². The quantitative estimate of drug-likeness (QED) is 0.760. The molecule has 21 heavy (non-hydrogen) atoms. The molecule has 0 aliphatic heterocycles. The van der Waals surface area contributed by atoms with Gasteiger partial charge in [-0.2, -0.15) is 0 Å². The molecule has 0 saturated heterocycles. The molecular formula is C17H17ClN2O. The molecule has 1 N–H and O–H groups in total. The summed E-state index contributed by atoms with van der Waals surface area (Å²) >= 11 is 6.03. The fourth-order valence-corrected chi connectivity index (χ4v) is 2.66. The van der Waals surface area contributed by atoms with Gasteiger partial charge in [-0.15, -0.1) is 0 Å². The number of aromatic nitrogens is 1. The van der Waals surface area contributed by atoms with E-state index in [2.05, 4.69) is 29.4 Å². The first-order valence-corrected chi connectivity index (χ1v) is 7.45. The van der Waals surface area contributed by atoms with Gasteiger partial charge >= 0.3 is 0 Å². The maximum Gasteiger partial charge on any atom is 0.134 e. The minimum atomic E-state index is 0.130. The molecule has 1 aromatic carbocycles. The first-order chi connectivity index (χ1) is 10.3. The van der Waals surface area contributed by atoms with Crippen LogP contribution in [0, 0.1) is 0 Å². The Morgan fingerprint density at radius 2 is 2.19 bits per heavy atom. The molecule has 0 spiro atoms. The number of rotatable bonds is 5. The van der Waals surface area contributed by atoms with E-state index in [1.54, 1.807) is 6.20 Å². The number of hydrogen-bond donors (Lipinski definition) is 1. The van der Waals surface area contributed by atoms with Crippen molar-refractivity contribution in [3.8, 4) is 0 Å². The lowest BCUT2D eigenvalue weighted by Crippen LogP contribution is -2.22. The van der Waals surface area contributed by atoms with Crippen LogP contribution in [0.25, 0.3) is 11.0 Å². The maximum atomic E-state index is 6.03. The van der Waals surface area contributed by atoms with Crippen LogP contribution in [-0.4, -0.2) is 11.5 Å². The lowest BCUT2D eigenvalue weighted by atomic mass is 10.1. The maximum absolute atomic E-state index is 6.03. The van der Waals surface area contributed by atoms with Crippen LogP contribution >= 0.6 is 11.6 Å². The van der Waals surface area contributed by atoms with Gasteiger partial charge in [0.2, 0.25) is 0 Å². The van der Waals surface area contributed by atoms with Crippen molar-refractivity contribution in [3.63, 3.8) is 0 Å². The molecule has 2 heterocycles. The highest BCUT2D eigenvalue weighted by Crippen LogP contribution is 2.28. The average Bonchev–Trinajstić information content (AvgIpc) is 2.91. The van der Waals surface area contributed by atoms with Crippen LogP contribution in [0.5, 0.6) is 0 Å². The van der Waals surface area contributed by atoms with Gasteiger partial charge in [-0.25, -0.2) is 0 Å². The summed E-state index contributed by atoms with van der Waals surface area (Å²) in [7, 11) is 0. The molecule has 0 aliphatic rings. The van der Waals surface area contributed by atoms with E-state index in [1.807, 2.05) is 30.5 Å². The number of halogens is 1. The third kappa shape index (κ3) is 3.26. The van der Waals surface area contributed by atoms with E-state index in [0.717, 1.165) is 34.7 Å². The highest BCUT2D eigenvalue weighted by Gasteiger charge is 2.16. The molecule has 0 saturated carbocycles. The predicted molar refractivity (Wildman–Crippen MR) is 85.6 cm³/mol. The minimum Gasteiger partial charge on any atom is -0.459 e. The number of furan rings is 1. The van der Waals surface area contributed by atoms with E-state index in [9.17, 15) is 0 Å². The van der Waals surface area contributed by atoms with Crippen molar-refractivity contribution >= 4 is 22.6 Å². The molecule has 3 aromatic rings. The monoisotopic (exact) mass is 300 g/mol. The zero-order valence-electron chi connectivity index (χ0n) is 11.8. The van der Waals surface area contributed by atoms with Crippen LogP contribution in [0.1, 0.15) is 24.3 Å². The summed E-state index contributed by atoms with van der Waals surface area (Å²) < 4.78 is 5.97. The van der Waals surface area contributed by atoms with Gasteiger partial charge in [0.05, 0.1) is 6.04 Å². The lowest BCUT2D eigenvalue weighted by Gasteiger charge is -2.15. The highest BCUT2D eigenvalue weighted by atomic mass is 35.5. The number of nitrogens with zero attached hydrogens (tertiary/aromatic N) is 1. The van der Waals surface area contributed by atoms with E-state index < -0.39 is 0 Å². The first kappa shape index (κ1) is 14.1. The largest absolute Gasteiger partial charge is 0.459 e. The first-order valence-electron chi connectivity index (χ1n) is 7.07. The van der Waals surface area contributed by atoms with Gasteiger partial charge < -0.3 is 9.73 Å². The lowest BCUT2D eigenvalue weighted by molar-refractivity contribution is 0.434. The van der Waals surface area contributed by atoms with Crippen molar-refractivity contribution in [1.82, 2.24) is 10.3 Å². The van der Waals surface area contributed by atoms with E-state index in [0.29, 0.717) is 0 Å². The Hall–Kier alpha value is -1.84. The normalized spacial score (nSPS) is 12.7. The fraction of sp³-hybridized carbons (Fsp3) is 0.235. The van der Waals surface area contributed by atoms with Gasteiger partial charge in [-0.3, -0.25) is 4.98 Å². The zero-order valence-corrected chi connectivity index (χ0v) is 12.6. The minimum absolute atomic E-state index is 0.130. The summed E-state index contributed by atoms with van der Waals surface area (Å²) in [6.45, 7) is 2.97. The summed E-state index contributed by atoms with van der Waals surface area (Å²) in [4.78, 5) is 4.17. The summed E-state index contributed by atoms with van der Waals surface area (Å²) in [5, 5.41) is 5.23. The number of fused-ring (bicyclic) bond motifs is 1. The molecule has 1 atom stereocenters. The van der Waals surface area contributed by atoms with Crippen LogP contribution in [0.4, 0.5) is 0 Å². The molecule has 3 nitrogen and oxygen atoms in total. The van der Waals surface area contributed by atoms with Crippen LogP contribution in [-0.2, 0) is 6.42 Å². The van der Waals surface area contributed by atoms with E-state index in [4.69, 9.17) is 16.0 Å². The Morgan fingerprint density at radius 3 is 2.95 bits per heavy atom. The van der Waals surface area contributed by atoms with E-state index >= 15 is 0 Å². The Bertz CT molecular complexity index is 724. The topological polar surface area (TPSA) is 38.1 Å². The van der Waals surface area contributed by atoms with Crippen molar-refractivity contribution in [3.05, 3.63) is 65.1 Å². The van der Waals surface area contributed by atoms with Gasteiger partial charge in [-0.05, 0) is 48.9 Å². The Morgan fingerprint density at radius 1 is 1.29 bits per heavy atom. The molecule has 0 radical (unpaired) electrons. The van der Waals surface area contributed by atoms with Crippen LogP contribution in [0.15, 0.2) is 53.2 Å². The molecule has 2 aromatic heterocycles. The Labute approximate surface area is 128 Å². The van der Waals surface area contributed by atoms with Gasteiger partial charge in [0, 0.05) is 22.8 Å². The van der Waals surface area contributed by atoms with Gasteiger partial charge in [0.25, 0.3) is 0 Å². The van der Waals surface area contributed by atoms with Crippen molar-refractivity contribution in [2.24, 2.45) is 0 Å². The van der Waals surface area contributed by atoms with Crippen molar-refractivity contribution in [2.45, 2.75) is 19.4 Å². The molecule has 0 fully saturated rings. The van der Waals surface area contributed by atoms with Gasteiger partial charge in [0.15, 0.2) is 0 Å². The number of hydrogen-bond acceptors (Lipinski definition) is 3. The zero-order chi connectivity index (χ0) is 14.7. The molecule has 1 unspecified atom stereocenters. The molecular weight excluding hydrogens is 284 g/mol. The summed E-state index contributed by atoms with van der Waals surface area (Å²) in [6, 6.07) is 11.9. The third-order valence-corrected chi connectivity index (χ3v) is 3.69. The molecule has 3 rings (SSSR count). The molecule has 108 valence electrons. The summed E-state index contributed by atoms with van der Waals surface area (Å²) in [6.07, 6.45) is 4.52. The van der Waals surface area contributed by atoms with Gasteiger partial charge in [0.1, 0.15) is 11.3 Å². The molecule has 0 amide bonds. The second kappa shape index (κ2) is 6.29. The van der Waals surface area contributed by atoms with Crippen molar-refractivity contribution < 1.29 is 4.42 Å². The second-order valence-corrected chi connectivity index (χ2v) is 5.44. The van der Waals surface area contributed by atoms with Crippen LogP contribution in [0.3, 0.4) is 0 Å². The number of pyridine rings is 1. The summed E-state index contributed by atoms with van der Waals surface area (Å²) in [5.74, 6) is 0.929. The van der Waals surface area contributed by atoms with E-state index in [-0.39, 0.29) is 6.04 Å². The molecule has 0 bridgehead atoms. The third-order valence-electron chi connectivity index (χ3n) is 3.45. The second-order valence-electron chi connectivity index (χ2n) is 5.01. The van der Waals surface area contributed by atoms with Crippen LogP contribution < -0.4 is 5.32 Å². The summed E-state index contributed by atoms with van der Waals surface area (Å²) in [5.41, 5.74) is 2.05. The van der Waals surface area contributed by atoms with E-state index in [1.165, 1.54) is 5.56 Å². The van der Waals surface area contributed by atoms with Crippen LogP contribution in [0.2, 0.25) is 5.02 Å². The number of nitrogens with one attached hydrogen (secondary N) is 1. The Balaban J connectivity index is 1.91. The average molecular weight is 301 g/mol. The number of benzene rings is 1. The number of likely N-dealkylation sites (N-methyl/N-ethyl adjacent to an activating group) is 1. The molecule has 0 aliphatic carbocycles. The van der Waals surface area contributed by atoms with Crippen molar-refractivity contribution in [1.29, 1.82) is 0 Å². The van der Waals surface area contributed by atoms with Crippen molar-refractivity contribution in [2.75, 3.05) is 6.54 Å². The standard InChI is InChI=1S/C17H17ClN2O/c1-2-20-15(8-12-4-3-7-19-11-12)17-10-13-9-14(18)5-6-16(13)21-17/h3-7,9-11,15,20H,2,8H2,1H3. The Kier molecular flexibility index (Phi) is 4.23. The molecule has 4 heteroatoms. The highest BCUT2D eigenvalue weighted by molar-refractivity contribution is 6.31. The predicted octanol–water partition coefficient (Wildman–Crippen LogP) is 4.37.